The number of aliphatic hydroxyl groups is 1. The quantitative estimate of drug-likeness (QED) is 0.725. The lowest BCUT2D eigenvalue weighted by molar-refractivity contribution is 0.219. The van der Waals surface area contributed by atoms with E-state index in [-0.39, 0.29) is 0 Å². The summed E-state index contributed by atoms with van der Waals surface area (Å²) in [5.41, 5.74) is 4.42. The van der Waals surface area contributed by atoms with Crippen LogP contribution in [-0.4, -0.2) is 10.1 Å². The third kappa shape index (κ3) is 1.42. The van der Waals surface area contributed by atoms with Gasteiger partial charge in [-0.3, -0.25) is 4.98 Å². The van der Waals surface area contributed by atoms with Crippen LogP contribution in [0.1, 0.15) is 28.4 Å². The number of benzene rings is 1. The highest BCUT2D eigenvalue weighted by atomic mass is 16.3. The molecule has 2 aromatic rings. The third-order valence-corrected chi connectivity index (χ3v) is 3.25. The number of hydrogen-bond acceptors (Lipinski definition) is 2. The molecule has 0 fully saturated rings. The Morgan fingerprint density at radius 2 is 1.75 bits per heavy atom. The van der Waals surface area contributed by atoms with Crippen LogP contribution in [0.4, 0.5) is 0 Å². The van der Waals surface area contributed by atoms with Crippen LogP contribution < -0.4 is 0 Å². The van der Waals surface area contributed by atoms with Gasteiger partial charge in [0.1, 0.15) is 6.10 Å². The number of aryl methyl sites for hydroxylation is 2. The van der Waals surface area contributed by atoms with Crippen molar-refractivity contribution in [3.05, 3.63) is 65.0 Å². The molecule has 1 aromatic carbocycles. The number of hydrogen-bond donors (Lipinski definition) is 1. The fourth-order valence-corrected chi connectivity index (χ4v) is 2.37. The van der Waals surface area contributed by atoms with E-state index in [1.165, 1.54) is 11.1 Å². The van der Waals surface area contributed by atoms with Crippen molar-refractivity contribution in [1.29, 1.82) is 0 Å². The predicted molar refractivity (Wildman–Crippen MR) is 62.1 cm³/mol. The molecule has 1 aromatic heterocycles. The van der Waals surface area contributed by atoms with Crippen molar-refractivity contribution in [2.45, 2.75) is 18.9 Å². The second-order valence-corrected chi connectivity index (χ2v) is 4.18. The molecule has 80 valence electrons. The predicted octanol–water partition coefficient (Wildman–Crippen LogP) is 2.26. The molecule has 0 amide bonds. The zero-order chi connectivity index (χ0) is 11.0. The highest BCUT2D eigenvalue weighted by Gasteiger charge is 2.20. The first-order valence-electron chi connectivity index (χ1n) is 5.55. The summed E-state index contributed by atoms with van der Waals surface area (Å²) in [6.07, 6.45) is 5.02. The van der Waals surface area contributed by atoms with E-state index in [4.69, 9.17) is 0 Å². The second-order valence-electron chi connectivity index (χ2n) is 4.18. The molecule has 2 heteroatoms. The van der Waals surface area contributed by atoms with Gasteiger partial charge in [-0.2, -0.15) is 0 Å². The summed E-state index contributed by atoms with van der Waals surface area (Å²) in [5.74, 6) is 0. The highest BCUT2D eigenvalue weighted by Crippen LogP contribution is 2.31. The summed E-state index contributed by atoms with van der Waals surface area (Å²) >= 11 is 0. The number of aliphatic hydroxyl groups excluding tert-OH is 1. The van der Waals surface area contributed by atoms with Gasteiger partial charge >= 0.3 is 0 Å². The van der Waals surface area contributed by atoms with Gasteiger partial charge in [-0.1, -0.05) is 24.3 Å². The van der Waals surface area contributed by atoms with Crippen LogP contribution in [-0.2, 0) is 12.8 Å². The molecule has 0 spiro atoms. The molecule has 0 unspecified atom stereocenters. The van der Waals surface area contributed by atoms with Gasteiger partial charge in [0.25, 0.3) is 0 Å². The van der Waals surface area contributed by atoms with E-state index in [1.54, 1.807) is 12.4 Å². The van der Waals surface area contributed by atoms with E-state index < -0.39 is 6.10 Å². The van der Waals surface area contributed by atoms with E-state index in [1.807, 2.05) is 24.3 Å². The topological polar surface area (TPSA) is 33.1 Å². The van der Waals surface area contributed by atoms with Crippen LogP contribution in [0.5, 0.6) is 0 Å². The van der Waals surface area contributed by atoms with Crippen LogP contribution in [0.2, 0.25) is 0 Å². The Kier molecular flexibility index (Phi) is 2.22. The number of nitrogens with zero attached hydrogens (tertiary/aromatic N) is 1. The Balaban J connectivity index is 2.18. The van der Waals surface area contributed by atoms with Crippen LogP contribution >= 0.6 is 0 Å². The first-order chi connectivity index (χ1) is 7.86. The molecule has 1 heterocycles. The van der Waals surface area contributed by atoms with E-state index in [0.29, 0.717) is 0 Å². The maximum Gasteiger partial charge on any atom is 0.106 e. The van der Waals surface area contributed by atoms with Crippen LogP contribution in [0.3, 0.4) is 0 Å². The van der Waals surface area contributed by atoms with Crippen molar-refractivity contribution in [3.8, 4) is 0 Å². The van der Waals surface area contributed by atoms with Crippen molar-refractivity contribution in [1.82, 2.24) is 4.98 Å². The van der Waals surface area contributed by atoms with Crippen LogP contribution in [0.25, 0.3) is 0 Å². The van der Waals surface area contributed by atoms with Gasteiger partial charge < -0.3 is 5.11 Å². The fraction of sp³-hybridized carbons (Fsp3) is 0.214. The zero-order valence-corrected chi connectivity index (χ0v) is 8.93. The van der Waals surface area contributed by atoms with Crippen LogP contribution in [0, 0.1) is 0 Å². The van der Waals surface area contributed by atoms with Gasteiger partial charge in [0.2, 0.25) is 0 Å². The van der Waals surface area contributed by atoms with Crippen LogP contribution in [0.15, 0.2) is 42.7 Å². The molecule has 0 saturated carbocycles. The van der Waals surface area contributed by atoms with Gasteiger partial charge in [-0.15, -0.1) is 0 Å². The fourth-order valence-electron chi connectivity index (χ4n) is 2.37. The Hall–Kier alpha value is -1.67. The van der Waals surface area contributed by atoms with Crippen molar-refractivity contribution in [2.75, 3.05) is 0 Å². The molecule has 3 rings (SSSR count). The molecule has 1 aliphatic carbocycles. The van der Waals surface area contributed by atoms with E-state index in [0.717, 1.165) is 24.0 Å². The molecular formula is C14H13NO. The number of fused-ring (bicyclic) bond motifs is 2. The average molecular weight is 211 g/mol. The first-order valence-corrected chi connectivity index (χ1v) is 5.55. The molecule has 1 N–H and O–H groups in total. The normalized spacial score (nSPS) is 18.4. The standard InChI is InChI=1S/C14H13NO/c16-14-12-4-2-1-3-10(12)5-6-11-7-8-15-9-13(11)14/h1-4,7-9,14,16H,5-6H2/t14-/m0/s1. The average Bonchev–Trinajstić information content (AvgIpc) is 2.49. The molecule has 0 radical (unpaired) electrons. The maximum atomic E-state index is 10.4. The summed E-state index contributed by atoms with van der Waals surface area (Å²) in [6.45, 7) is 0. The Morgan fingerprint density at radius 3 is 2.62 bits per heavy atom. The number of aromatic nitrogens is 1. The summed E-state index contributed by atoms with van der Waals surface area (Å²) in [7, 11) is 0. The third-order valence-electron chi connectivity index (χ3n) is 3.25. The van der Waals surface area contributed by atoms with Gasteiger partial charge in [0, 0.05) is 18.0 Å². The van der Waals surface area contributed by atoms with Gasteiger partial charge in [0.05, 0.1) is 0 Å². The maximum absolute atomic E-state index is 10.4. The molecule has 0 saturated heterocycles. The number of rotatable bonds is 0. The minimum atomic E-state index is -0.526. The molecular weight excluding hydrogens is 198 g/mol. The van der Waals surface area contributed by atoms with E-state index in [9.17, 15) is 5.11 Å². The molecule has 0 bridgehead atoms. The highest BCUT2D eigenvalue weighted by molar-refractivity contribution is 5.41. The zero-order valence-electron chi connectivity index (χ0n) is 8.93. The van der Waals surface area contributed by atoms with Crippen molar-refractivity contribution in [2.24, 2.45) is 0 Å². The second kappa shape index (κ2) is 3.72. The van der Waals surface area contributed by atoms with Crippen molar-refractivity contribution >= 4 is 0 Å². The molecule has 1 aliphatic rings. The SMILES string of the molecule is O[C@H]1c2ccccc2CCc2ccncc21. The molecule has 16 heavy (non-hydrogen) atoms. The lowest BCUT2D eigenvalue weighted by Gasteiger charge is -2.13. The Morgan fingerprint density at radius 1 is 1.00 bits per heavy atom. The number of pyridine rings is 1. The molecule has 0 aliphatic heterocycles. The molecule has 1 atom stereocenters. The summed E-state index contributed by atoms with van der Waals surface area (Å²) in [6, 6.07) is 10.1. The monoisotopic (exact) mass is 211 g/mol. The lowest BCUT2D eigenvalue weighted by Crippen LogP contribution is -2.02. The van der Waals surface area contributed by atoms with Gasteiger partial charge in [-0.05, 0) is 35.6 Å². The summed E-state index contributed by atoms with van der Waals surface area (Å²) in [4.78, 5) is 4.10. The smallest absolute Gasteiger partial charge is 0.106 e. The van der Waals surface area contributed by atoms with Crippen molar-refractivity contribution < 1.29 is 5.11 Å². The largest absolute Gasteiger partial charge is 0.384 e. The van der Waals surface area contributed by atoms with E-state index >= 15 is 0 Å². The first kappa shape index (κ1) is 9.55. The van der Waals surface area contributed by atoms with E-state index in [2.05, 4.69) is 11.1 Å². The van der Waals surface area contributed by atoms with Crippen molar-refractivity contribution in [3.63, 3.8) is 0 Å². The minimum absolute atomic E-state index is 0.526. The minimum Gasteiger partial charge on any atom is -0.384 e. The summed E-state index contributed by atoms with van der Waals surface area (Å²) in [5, 5.41) is 10.4. The lowest BCUT2D eigenvalue weighted by atomic mass is 9.99. The Labute approximate surface area is 94.6 Å². The van der Waals surface area contributed by atoms with Gasteiger partial charge in [0.15, 0.2) is 0 Å². The Bertz CT molecular complexity index is 474. The summed E-state index contributed by atoms with van der Waals surface area (Å²) < 4.78 is 0. The molecule has 2 nitrogen and oxygen atoms in total. The van der Waals surface area contributed by atoms with Gasteiger partial charge in [-0.25, -0.2) is 0 Å².